The van der Waals surface area contributed by atoms with Crippen molar-refractivity contribution in [1.82, 2.24) is 4.90 Å². The Morgan fingerprint density at radius 2 is 2.14 bits per heavy atom. The van der Waals surface area contributed by atoms with Crippen molar-refractivity contribution in [2.45, 2.75) is 24.7 Å². The van der Waals surface area contributed by atoms with E-state index in [0.29, 0.717) is 6.54 Å². The van der Waals surface area contributed by atoms with E-state index in [0.717, 1.165) is 5.56 Å². The molecule has 4 rings (SSSR count). The molecule has 1 spiro atoms. The minimum absolute atomic E-state index is 0.118. The molecule has 5 heteroatoms. The zero-order chi connectivity index (χ0) is 15.5. The molecule has 5 nitrogen and oxygen atoms in total. The summed E-state index contributed by atoms with van der Waals surface area (Å²) in [6, 6.07) is 9.60. The van der Waals surface area contributed by atoms with Crippen LogP contribution in [0.2, 0.25) is 0 Å². The number of carbonyl (C=O) groups is 2. The maximum absolute atomic E-state index is 12.8. The number of fused-ring (bicyclic) bond motifs is 1. The van der Waals surface area contributed by atoms with Crippen molar-refractivity contribution in [1.29, 1.82) is 0 Å². The summed E-state index contributed by atoms with van der Waals surface area (Å²) >= 11 is 0. The van der Waals surface area contributed by atoms with Crippen molar-refractivity contribution in [2.75, 3.05) is 6.54 Å². The molecule has 0 unspecified atom stereocenters. The third-order valence-corrected chi connectivity index (χ3v) is 5.15. The molecule has 0 aromatic heterocycles. The lowest BCUT2D eigenvalue weighted by molar-refractivity contribution is -0.313. The third kappa shape index (κ3) is 1.63. The maximum Gasteiger partial charge on any atom is 0.230 e. The van der Waals surface area contributed by atoms with E-state index in [1.807, 2.05) is 43.3 Å². The largest absolute Gasteiger partial charge is 0.550 e. The number of amides is 1. The Labute approximate surface area is 128 Å². The SMILES string of the molecule is C[C@@H](c1ccccc1)N1C[C@@]23C=C[C@H](O2)[C@H](C(=O)[O-])[C@H]3C1=O. The van der Waals surface area contributed by atoms with E-state index >= 15 is 0 Å². The Morgan fingerprint density at radius 3 is 2.82 bits per heavy atom. The maximum atomic E-state index is 12.8. The first kappa shape index (κ1) is 13.5. The highest BCUT2D eigenvalue weighted by Gasteiger charge is 2.65. The Morgan fingerprint density at radius 1 is 1.41 bits per heavy atom. The zero-order valence-electron chi connectivity index (χ0n) is 12.1. The number of aliphatic carboxylic acids is 1. The first-order valence-electron chi connectivity index (χ1n) is 7.47. The molecule has 1 aromatic rings. The Bertz CT molecular complexity index is 670. The predicted molar refractivity (Wildman–Crippen MR) is 75.3 cm³/mol. The lowest BCUT2D eigenvalue weighted by Gasteiger charge is -2.28. The molecule has 3 aliphatic heterocycles. The normalized spacial score (nSPS) is 36.7. The molecule has 5 atom stereocenters. The molecule has 2 bridgehead atoms. The number of carbonyl (C=O) groups excluding carboxylic acids is 2. The standard InChI is InChI=1S/C17H17NO4/c1-10(11-5-3-2-4-6-11)18-9-17-8-7-12(22-17)13(16(20)21)14(17)15(18)19/h2-8,10,12-14H,9H2,1H3,(H,20,21)/p-1/t10-,12-,13-,14-,17+/m0/s1. The van der Waals surface area contributed by atoms with Crippen LogP contribution < -0.4 is 5.11 Å². The molecule has 0 saturated carbocycles. The number of benzene rings is 1. The lowest BCUT2D eigenvalue weighted by Crippen LogP contribution is -2.45. The van der Waals surface area contributed by atoms with Crippen molar-refractivity contribution in [3.8, 4) is 0 Å². The highest BCUT2D eigenvalue weighted by Crippen LogP contribution is 2.52. The van der Waals surface area contributed by atoms with Crippen LogP contribution in [0.1, 0.15) is 18.5 Å². The van der Waals surface area contributed by atoms with Crippen molar-refractivity contribution in [2.24, 2.45) is 11.8 Å². The van der Waals surface area contributed by atoms with E-state index in [-0.39, 0.29) is 11.9 Å². The van der Waals surface area contributed by atoms with E-state index in [4.69, 9.17) is 4.74 Å². The minimum atomic E-state index is -1.20. The number of carboxylic acid groups (broad SMARTS) is 1. The fourth-order valence-electron chi connectivity index (χ4n) is 4.04. The van der Waals surface area contributed by atoms with Crippen LogP contribution in [-0.4, -0.2) is 35.0 Å². The summed E-state index contributed by atoms with van der Waals surface area (Å²) in [7, 11) is 0. The van der Waals surface area contributed by atoms with Crippen LogP contribution in [0.15, 0.2) is 42.5 Å². The highest BCUT2D eigenvalue weighted by molar-refractivity contribution is 5.90. The summed E-state index contributed by atoms with van der Waals surface area (Å²) in [5.74, 6) is -2.91. The summed E-state index contributed by atoms with van der Waals surface area (Å²) < 4.78 is 5.85. The lowest BCUT2D eigenvalue weighted by atomic mass is 9.77. The van der Waals surface area contributed by atoms with E-state index in [1.54, 1.807) is 11.0 Å². The molecule has 1 amide bonds. The van der Waals surface area contributed by atoms with E-state index < -0.39 is 29.5 Å². The average molecular weight is 298 g/mol. The van der Waals surface area contributed by atoms with Gasteiger partial charge in [-0.05, 0) is 12.5 Å². The van der Waals surface area contributed by atoms with E-state index in [9.17, 15) is 14.7 Å². The molecule has 22 heavy (non-hydrogen) atoms. The molecule has 3 aliphatic rings. The Hall–Kier alpha value is -2.14. The molecule has 0 aliphatic carbocycles. The Balaban J connectivity index is 1.68. The summed E-state index contributed by atoms with van der Waals surface area (Å²) in [5, 5.41) is 11.4. The van der Waals surface area contributed by atoms with Gasteiger partial charge in [0.15, 0.2) is 0 Å². The van der Waals surface area contributed by atoms with Gasteiger partial charge in [-0.1, -0.05) is 42.5 Å². The second-order valence-corrected chi connectivity index (χ2v) is 6.27. The fourth-order valence-corrected chi connectivity index (χ4v) is 4.04. The Kier molecular flexibility index (Phi) is 2.72. The smallest absolute Gasteiger partial charge is 0.230 e. The number of hydrogen-bond donors (Lipinski definition) is 0. The second-order valence-electron chi connectivity index (χ2n) is 6.27. The van der Waals surface area contributed by atoms with Crippen molar-refractivity contribution >= 4 is 11.9 Å². The van der Waals surface area contributed by atoms with E-state index in [1.165, 1.54) is 0 Å². The summed E-state index contributed by atoms with van der Waals surface area (Å²) in [6.45, 7) is 2.35. The summed E-state index contributed by atoms with van der Waals surface area (Å²) in [5.41, 5.74) is 0.228. The highest BCUT2D eigenvalue weighted by atomic mass is 16.5. The van der Waals surface area contributed by atoms with Gasteiger partial charge in [-0.2, -0.15) is 0 Å². The second kappa shape index (κ2) is 4.43. The first-order chi connectivity index (χ1) is 10.5. The molecule has 1 aromatic carbocycles. The van der Waals surface area contributed by atoms with Crippen LogP contribution in [0.25, 0.3) is 0 Å². The molecular weight excluding hydrogens is 282 g/mol. The van der Waals surface area contributed by atoms with Gasteiger partial charge < -0.3 is 19.5 Å². The van der Waals surface area contributed by atoms with Crippen LogP contribution in [-0.2, 0) is 14.3 Å². The summed E-state index contributed by atoms with van der Waals surface area (Å²) in [6.07, 6.45) is 3.08. The van der Waals surface area contributed by atoms with Crippen LogP contribution in [0, 0.1) is 11.8 Å². The molecule has 3 heterocycles. The van der Waals surface area contributed by atoms with Gasteiger partial charge in [0.25, 0.3) is 0 Å². The van der Waals surface area contributed by atoms with Crippen LogP contribution in [0.3, 0.4) is 0 Å². The van der Waals surface area contributed by atoms with Gasteiger partial charge in [0.2, 0.25) is 5.91 Å². The number of likely N-dealkylation sites (tertiary alicyclic amines) is 1. The third-order valence-electron chi connectivity index (χ3n) is 5.15. The predicted octanol–water partition coefficient (Wildman–Crippen LogP) is 0.279. The monoisotopic (exact) mass is 298 g/mol. The van der Waals surface area contributed by atoms with Crippen molar-refractivity contribution < 1.29 is 19.4 Å². The van der Waals surface area contributed by atoms with E-state index in [2.05, 4.69) is 0 Å². The van der Waals surface area contributed by atoms with Gasteiger partial charge in [0, 0.05) is 11.9 Å². The van der Waals surface area contributed by atoms with Gasteiger partial charge >= 0.3 is 0 Å². The quantitative estimate of drug-likeness (QED) is 0.752. The molecule has 0 N–H and O–H groups in total. The van der Waals surface area contributed by atoms with Gasteiger partial charge in [-0.3, -0.25) is 4.79 Å². The number of rotatable bonds is 3. The molecule has 0 radical (unpaired) electrons. The number of carboxylic acids is 1. The van der Waals surface area contributed by atoms with Crippen molar-refractivity contribution in [3.05, 3.63) is 48.0 Å². The van der Waals surface area contributed by atoms with Crippen molar-refractivity contribution in [3.63, 3.8) is 0 Å². The molecule has 2 fully saturated rings. The van der Waals surface area contributed by atoms with Gasteiger partial charge in [-0.25, -0.2) is 0 Å². The number of hydrogen-bond acceptors (Lipinski definition) is 4. The minimum Gasteiger partial charge on any atom is -0.550 e. The molecular formula is C17H16NO4-. The topological polar surface area (TPSA) is 69.7 Å². The van der Waals surface area contributed by atoms with Crippen LogP contribution in [0.4, 0.5) is 0 Å². The number of ether oxygens (including phenoxy) is 1. The van der Waals surface area contributed by atoms with Gasteiger partial charge in [0.1, 0.15) is 5.60 Å². The van der Waals surface area contributed by atoms with Crippen LogP contribution >= 0.6 is 0 Å². The molecule has 2 saturated heterocycles. The van der Waals surface area contributed by atoms with Gasteiger partial charge in [0.05, 0.1) is 24.6 Å². The molecule has 114 valence electrons. The van der Waals surface area contributed by atoms with Crippen LogP contribution in [0.5, 0.6) is 0 Å². The fraction of sp³-hybridized carbons (Fsp3) is 0.412. The average Bonchev–Trinajstić information content (AvgIpc) is 3.15. The zero-order valence-corrected chi connectivity index (χ0v) is 12.1. The first-order valence-corrected chi connectivity index (χ1v) is 7.47. The summed E-state index contributed by atoms with van der Waals surface area (Å²) in [4.78, 5) is 26.0. The van der Waals surface area contributed by atoms with Gasteiger partial charge in [-0.15, -0.1) is 0 Å². The number of nitrogens with zero attached hydrogens (tertiary/aromatic N) is 1.